The van der Waals surface area contributed by atoms with Crippen molar-refractivity contribution >= 4 is 17.8 Å². The van der Waals surface area contributed by atoms with Crippen LogP contribution in [0.15, 0.2) is 0 Å². The van der Waals surface area contributed by atoms with Gasteiger partial charge in [0.2, 0.25) is 5.91 Å². The highest BCUT2D eigenvalue weighted by molar-refractivity contribution is 5.80. The summed E-state index contributed by atoms with van der Waals surface area (Å²) in [5, 5.41) is 19.7. The minimum Gasteiger partial charge on any atom is -0.480 e. The zero-order chi connectivity index (χ0) is 14.4. The lowest BCUT2D eigenvalue weighted by Crippen LogP contribution is -2.46. The molecule has 1 fully saturated rings. The van der Waals surface area contributed by atoms with Crippen LogP contribution in [0.1, 0.15) is 12.8 Å². The molecule has 8 nitrogen and oxygen atoms in total. The highest BCUT2D eigenvalue weighted by Crippen LogP contribution is 2.16. The summed E-state index contributed by atoms with van der Waals surface area (Å²) in [5.41, 5.74) is 5.28. The van der Waals surface area contributed by atoms with Crippen molar-refractivity contribution in [3.63, 3.8) is 0 Å². The van der Waals surface area contributed by atoms with Crippen LogP contribution in [-0.4, -0.2) is 65.2 Å². The molecule has 0 aromatic heterocycles. The molecule has 0 aliphatic carbocycles. The molecule has 1 rings (SSSR count). The highest BCUT2D eigenvalue weighted by atomic mass is 16.4. The Labute approximate surface area is 110 Å². The fourth-order valence-electron chi connectivity index (χ4n) is 1.99. The molecule has 0 aromatic carbocycles. The molecule has 1 aliphatic heterocycles. The lowest BCUT2D eigenvalue weighted by Gasteiger charge is -2.30. The summed E-state index contributed by atoms with van der Waals surface area (Å²) >= 11 is 0. The van der Waals surface area contributed by atoms with Gasteiger partial charge in [-0.3, -0.25) is 19.3 Å². The largest absolute Gasteiger partial charge is 0.480 e. The van der Waals surface area contributed by atoms with E-state index < -0.39 is 18.0 Å². The summed E-state index contributed by atoms with van der Waals surface area (Å²) in [7, 11) is 0. The Morgan fingerprint density at radius 1 is 1.26 bits per heavy atom. The maximum absolute atomic E-state index is 11.8. The molecule has 19 heavy (non-hydrogen) atoms. The summed E-state index contributed by atoms with van der Waals surface area (Å²) in [4.78, 5) is 34.6. The van der Waals surface area contributed by atoms with Gasteiger partial charge in [-0.25, -0.2) is 0 Å². The Morgan fingerprint density at radius 3 is 2.32 bits per heavy atom. The number of piperidine rings is 1. The van der Waals surface area contributed by atoms with Crippen LogP contribution >= 0.6 is 0 Å². The van der Waals surface area contributed by atoms with Gasteiger partial charge in [0.25, 0.3) is 0 Å². The van der Waals surface area contributed by atoms with Crippen LogP contribution in [-0.2, 0) is 14.4 Å². The van der Waals surface area contributed by atoms with Gasteiger partial charge in [-0.15, -0.1) is 0 Å². The van der Waals surface area contributed by atoms with Crippen molar-refractivity contribution in [2.75, 3.05) is 26.2 Å². The zero-order valence-electron chi connectivity index (χ0n) is 10.5. The van der Waals surface area contributed by atoms with Crippen molar-refractivity contribution in [2.45, 2.75) is 18.9 Å². The topological polar surface area (TPSA) is 133 Å². The number of nitrogens with two attached hydrogens (primary N) is 1. The number of nitrogens with zero attached hydrogens (tertiary/aromatic N) is 1. The SMILES string of the molecule is N[C@@H](CNC(=O)C1CCN(CC(=O)O)CC1)C(=O)O. The maximum Gasteiger partial charge on any atom is 0.322 e. The molecular weight excluding hydrogens is 254 g/mol. The first kappa shape index (κ1) is 15.4. The monoisotopic (exact) mass is 273 g/mol. The van der Waals surface area contributed by atoms with Crippen molar-refractivity contribution < 1.29 is 24.6 Å². The third-order valence-corrected chi connectivity index (χ3v) is 3.13. The van der Waals surface area contributed by atoms with Gasteiger partial charge in [-0.2, -0.15) is 0 Å². The van der Waals surface area contributed by atoms with Crippen molar-refractivity contribution in [3.05, 3.63) is 0 Å². The second-order valence-corrected chi connectivity index (χ2v) is 4.63. The molecular formula is C11H19N3O5. The van der Waals surface area contributed by atoms with E-state index in [1.165, 1.54) is 0 Å². The number of amides is 1. The normalized spacial score (nSPS) is 18.8. The number of carboxylic acids is 2. The second-order valence-electron chi connectivity index (χ2n) is 4.63. The average Bonchev–Trinajstić information content (AvgIpc) is 2.35. The molecule has 108 valence electrons. The number of likely N-dealkylation sites (tertiary alicyclic amines) is 1. The smallest absolute Gasteiger partial charge is 0.322 e. The summed E-state index contributed by atoms with van der Waals surface area (Å²) in [6, 6.07) is -1.10. The molecule has 0 unspecified atom stereocenters. The van der Waals surface area contributed by atoms with Gasteiger partial charge >= 0.3 is 11.9 Å². The lowest BCUT2D eigenvalue weighted by molar-refractivity contribution is -0.139. The highest BCUT2D eigenvalue weighted by Gasteiger charge is 2.26. The van der Waals surface area contributed by atoms with Gasteiger partial charge < -0.3 is 21.3 Å². The molecule has 8 heteroatoms. The molecule has 1 saturated heterocycles. The average molecular weight is 273 g/mol. The Hall–Kier alpha value is -1.67. The second kappa shape index (κ2) is 7.05. The summed E-state index contributed by atoms with van der Waals surface area (Å²) < 4.78 is 0. The van der Waals surface area contributed by atoms with Crippen LogP contribution in [0.4, 0.5) is 0 Å². The summed E-state index contributed by atoms with van der Waals surface area (Å²) in [6.45, 7) is 0.993. The van der Waals surface area contributed by atoms with E-state index in [0.717, 1.165) is 0 Å². The minimum atomic E-state index is -1.16. The molecule has 1 heterocycles. The van der Waals surface area contributed by atoms with E-state index in [0.29, 0.717) is 25.9 Å². The maximum atomic E-state index is 11.8. The molecule has 1 aliphatic rings. The Kier molecular flexibility index (Phi) is 5.71. The first-order chi connectivity index (χ1) is 8.90. The van der Waals surface area contributed by atoms with Crippen LogP contribution in [0.3, 0.4) is 0 Å². The summed E-state index contributed by atoms with van der Waals surface area (Å²) in [6.07, 6.45) is 1.14. The van der Waals surface area contributed by atoms with Crippen molar-refractivity contribution in [1.82, 2.24) is 10.2 Å². The standard InChI is InChI=1S/C11H19N3O5/c12-8(11(18)19)5-13-10(17)7-1-3-14(4-2-7)6-9(15)16/h7-8H,1-6,12H2,(H,13,17)(H,15,16)(H,18,19)/t8-/m0/s1. The van der Waals surface area contributed by atoms with E-state index in [4.69, 9.17) is 15.9 Å². The first-order valence-electron chi connectivity index (χ1n) is 6.10. The van der Waals surface area contributed by atoms with Gasteiger partial charge in [-0.05, 0) is 25.9 Å². The quantitative estimate of drug-likeness (QED) is 0.454. The van der Waals surface area contributed by atoms with Crippen molar-refractivity contribution in [3.8, 4) is 0 Å². The number of hydrogen-bond donors (Lipinski definition) is 4. The fourth-order valence-corrected chi connectivity index (χ4v) is 1.99. The van der Waals surface area contributed by atoms with E-state index in [9.17, 15) is 14.4 Å². The number of rotatable bonds is 6. The number of hydrogen-bond acceptors (Lipinski definition) is 5. The van der Waals surface area contributed by atoms with Gasteiger partial charge in [0.05, 0.1) is 6.54 Å². The van der Waals surface area contributed by atoms with Crippen LogP contribution in [0.2, 0.25) is 0 Å². The Morgan fingerprint density at radius 2 is 1.84 bits per heavy atom. The molecule has 0 aromatic rings. The third-order valence-electron chi connectivity index (χ3n) is 3.13. The van der Waals surface area contributed by atoms with E-state index in [1.54, 1.807) is 4.90 Å². The minimum absolute atomic E-state index is 0.0156. The van der Waals surface area contributed by atoms with E-state index in [1.807, 2.05) is 0 Å². The Balaban J connectivity index is 2.29. The van der Waals surface area contributed by atoms with Crippen molar-refractivity contribution in [1.29, 1.82) is 0 Å². The number of carbonyl (C=O) groups excluding carboxylic acids is 1. The van der Waals surface area contributed by atoms with E-state index in [2.05, 4.69) is 5.32 Å². The fraction of sp³-hybridized carbons (Fsp3) is 0.727. The van der Waals surface area contributed by atoms with Crippen LogP contribution in [0, 0.1) is 5.92 Å². The predicted molar refractivity (Wildman–Crippen MR) is 65.4 cm³/mol. The van der Waals surface area contributed by atoms with E-state index in [-0.39, 0.29) is 24.9 Å². The van der Waals surface area contributed by atoms with Gasteiger partial charge in [0.1, 0.15) is 6.04 Å². The predicted octanol–water partition coefficient (Wildman–Crippen LogP) is -1.69. The van der Waals surface area contributed by atoms with Crippen LogP contribution in [0.25, 0.3) is 0 Å². The molecule has 0 spiro atoms. The molecule has 0 bridgehead atoms. The van der Waals surface area contributed by atoms with Crippen LogP contribution in [0.5, 0.6) is 0 Å². The molecule has 0 radical (unpaired) electrons. The van der Waals surface area contributed by atoms with E-state index >= 15 is 0 Å². The number of aliphatic carboxylic acids is 2. The lowest BCUT2D eigenvalue weighted by atomic mass is 9.96. The zero-order valence-corrected chi connectivity index (χ0v) is 10.5. The number of carboxylic acid groups (broad SMARTS) is 2. The van der Waals surface area contributed by atoms with Gasteiger partial charge in [0, 0.05) is 12.5 Å². The summed E-state index contributed by atoms with van der Waals surface area (Å²) in [5.74, 6) is -2.45. The number of carbonyl (C=O) groups is 3. The molecule has 1 amide bonds. The van der Waals surface area contributed by atoms with Gasteiger partial charge in [0.15, 0.2) is 0 Å². The van der Waals surface area contributed by atoms with Crippen molar-refractivity contribution in [2.24, 2.45) is 11.7 Å². The third kappa shape index (κ3) is 5.23. The molecule has 1 atom stereocenters. The Bertz CT molecular complexity index is 352. The molecule has 5 N–H and O–H groups in total. The number of nitrogens with one attached hydrogen (secondary N) is 1. The van der Waals surface area contributed by atoms with Gasteiger partial charge in [-0.1, -0.05) is 0 Å². The van der Waals surface area contributed by atoms with Crippen LogP contribution < -0.4 is 11.1 Å². The first-order valence-corrected chi connectivity index (χ1v) is 6.10. The molecule has 0 saturated carbocycles.